The van der Waals surface area contributed by atoms with Crippen molar-refractivity contribution in [3.05, 3.63) is 0 Å². The number of rotatable bonds is 4. The van der Waals surface area contributed by atoms with E-state index < -0.39 is 18.3 Å². The van der Waals surface area contributed by atoms with Crippen LogP contribution in [0.1, 0.15) is 39.0 Å². The summed E-state index contributed by atoms with van der Waals surface area (Å²) in [6.07, 6.45) is 0.236. The molecule has 1 aliphatic heterocycles. The van der Waals surface area contributed by atoms with Crippen LogP contribution in [0.25, 0.3) is 0 Å². The predicted molar refractivity (Wildman–Crippen MR) is 92.7 cm³/mol. The van der Waals surface area contributed by atoms with Crippen LogP contribution in [0.5, 0.6) is 0 Å². The number of carbonyl (C=O) groups is 1. The van der Waals surface area contributed by atoms with Crippen molar-refractivity contribution in [1.29, 1.82) is 0 Å². The lowest BCUT2D eigenvalue weighted by atomic mass is 9.74. The first-order valence-electron chi connectivity index (χ1n) is 8.03. The van der Waals surface area contributed by atoms with E-state index in [0.717, 1.165) is 25.7 Å². The Balaban J connectivity index is 0.00000264. The lowest BCUT2D eigenvalue weighted by Crippen LogP contribution is -2.53. The molecule has 3 atom stereocenters. The van der Waals surface area contributed by atoms with E-state index in [1.54, 1.807) is 0 Å². The van der Waals surface area contributed by atoms with Crippen LogP contribution in [0.15, 0.2) is 0 Å². The molecule has 1 heterocycles. The molecular formula is C15H28Cl2F3N3O. The Morgan fingerprint density at radius 3 is 2.54 bits per heavy atom. The van der Waals surface area contributed by atoms with Crippen LogP contribution in [-0.4, -0.2) is 48.7 Å². The summed E-state index contributed by atoms with van der Waals surface area (Å²) in [6, 6.07) is 0. The highest BCUT2D eigenvalue weighted by atomic mass is 35.5. The van der Waals surface area contributed by atoms with E-state index in [2.05, 4.69) is 5.32 Å². The van der Waals surface area contributed by atoms with Gasteiger partial charge in [-0.1, -0.05) is 12.8 Å². The van der Waals surface area contributed by atoms with Crippen LogP contribution in [0.3, 0.4) is 0 Å². The second-order valence-electron chi connectivity index (χ2n) is 7.05. The summed E-state index contributed by atoms with van der Waals surface area (Å²) in [7, 11) is 0. The summed E-state index contributed by atoms with van der Waals surface area (Å²) in [5.74, 6) is -0.133. The molecule has 0 aromatic heterocycles. The predicted octanol–water partition coefficient (Wildman–Crippen LogP) is 2.74. The van der Waals surface area contributed by atoms with Crippen molar-refractivity contribution in [1.82, 2.24) is 10.2 Å². The second kappa shape index (κ2) is 9.46. The molecule has 0 bridgehead atoms. The minimum atomic E-state index is -4.15. The lowest BCUT2D eigenvalue weighted by molar-refractivity contribution is -0.144. The van der Waals surface area contributed by atoms with Gasteiger partial charge < -0.3 is 11.1 Å². The zero-order valence-electron chi connectivity index (χ0n) is 13.9. The molecule has 3 N–H and O–H groups in total. The molecule has 0 aromatic rings. The fourth-order valence-electron chi connectivity index (χ4n) is 3.63. The molecule has 3 unspecified atom stereocenters. The standard InChI is InChI=1S/C15H26F3N3O.2ClH/c1-14(19)6-3-2-4-12(14)13(22)20-8-11-5-7-21(9-11)10-15(16,17)18;;/h11-12H,2-10,19H2,1H3,(H,20,22);2*1H. The van der Waals surface area contributed by atoms with Gasteiger partial charge in [0.2, 0.25) is 5.91 Å². The third-order valence-electron chi connectivity index (χ3n) is 4.91. The Bertz CT molecular complexity index is 408. The van der Waals surface area contributed by atoms with E-state index in [0.29, 0.717) is 26.1 Å². The number of alkyl halides is 3. The number of likely N-dealkylation sites (tertiary alicyclic amines) is 1. The average molecular weight is 394 g/mol. The summed E-state index contributed by atoms with van der Waals surface area (Å²) in [6.45, 7) is 2.33. The number of hydrogen-bond acceptors (Lipinski definition) is 3. The van der Waals surface area contributed by atoms with E-state index >= 15 is 0 Å². The number of halogens is 5. The SMILES string of the molecule is CC1(N)CCCCC1C(=O)NCC1CCN(CC(F)(F)F)C1.Cl.Cl. The van der Waals surface area contributed by atoms with Gasteiger partial charge in [0.15, 0.2) is 0 Å². The lowest BCUT2D eigenvalue weighted by Gasteiger charge is -2.37. The molecule has 2 fully saturated rings. The van der Waals surface area contributed by atoms with Crippen LogP contribution >= 0.6 is 24.8 Å². The molecule has 144 valence electrons. The van der Waals surface area contributed by atoms with Gasteiger partial charge in [0.1, 0.15) is 0 Å². The highest BCUT2D eigenvalue weighted by Crippen LogP contribution is 2.31. The molecule has 0 aromatic carbocycles. The number of nitrogens with zero attached hydrogens (tertiary/aromatic N) is 1. The molecule has 2 aliphatic rings. The normalized spacial score (nSPS) is 31.0. The Morgan fingerprint density at radius 1 is 1.29 bits per heavy atom. The minimum absolute atomic E-state index is 0. The van der Waals surface area contributed by atoms with E-state index in [-0.39, 0.29) is 42.6 Å². The van der Waals surface area contributed by atoms with Gasteiger partial charge in [0.05, 0.1) is 12.5 Å². The van der Waals surface area contributed by atoms with E-state index in [1.165, 1.54) is 4.90 Å². The van der Waals surface area contributed by atoms with E-state index in [9.17, 15) is 18.0 Å². The quantitative estimate of drug-likeness (QED) is 0.771. The van der Waals surface area contributed by atoms with Gasteiger partial charge in [-0.15, -0.1) is 24.8 Å². The van der Waals surface area contributed by atoms with Crippen molar-refractivity contribution in [3.8, 4) is 0 Å². The maximum atomic E-state index is 12.4. The molecule has 1 amide bonds. The van der Waals surface area contributed by atoms with Gasteiger partial charge in [-0.3, -0.25) is 9.69 Å². The Morgan fingerprint density at radius 2 is 1.96 bits per heavy atom. The van der Waals surface area contributed by atoms with Gasteiger partial charge in [0, 0.05) is 18.6 Å². The number of nitrogens with one attached hydrogen (secondary N) is 1. The summed E-state index contributed by atoms with van der Waals surface area (Å²) < 4.78 is 37.1. The fraction of sp³-hybridized carbons (Fsp3) is 0.933. The van der Waals surface area contributed by atoms with Crippen molar-refractivity contribution >= 4 is 30.7 Å². The smallest absolute Gasteiger partial charge is 0.355 e. The topological polar surface area (TPSA) is 58.4 Å². The Labute approximate surface area is 153 Å². The van der Waals surface area contributed by atoms with Gasteiger partial charge in [-0.2, -0.15) is 13.2 Å². The maximum absolute atomic E-state index is 12.4. The minimum Gasteiger partial charge on any atom is -0.355 e. The van der Waals surface area contributed by atoms with Gasteiger partial charge >= 0.3 is 6.18 Å². The summed E-state index contributed by atoms with van der Waals surface area (Å²) in [4.78, 5) is 13.7. The maximum Gasteiger partial charge on any atom is 0.401 e. The number of hydrogen-bond donors (Lipinski definition) is 2. The van der Waals surface area contributed by atoms with Crippen molar-refractivity contribution < 1.29 is 18.0 Å². The largest absolute Gasteiger partial charge is 0.401 e. The van der Waals surface area contributed by atoms with Crippen molar-refractivity contribution in [2.24, 2.45) is 17.6 Å². The van der Waals surface area contributed by atoms with Gasteiger partial charge in [-0.05, 0) is 38.6 Å². The number of carbonyl (C=O) groups excluding carboxylic acids is 1. The van der Waals surface area contributed by atoms with Crippen LogP contribution < -0.4 is 11.1 Å². The molecule has 2 rings (SSSR count). The Hall–Kier alpha value is -0.240. The van der Waals surface area contributed by atoms with Gasteiger partial charge in [0.25, 0.3) is 0 Å². The van der Waals surface area contributed by atoms with Crippen molar-refractivity contribution in [2.75, 3.05) is 26.2 Å². The molecular weight excluding hydrogens is 366 g/mol. The van der Waals surface area contributed by atoms with Gasteiger partial charge in [-0.25, -0.2) is 0 Å². The van der Waals surface area contributed by atoms with Crippen LogP contribution in [0.4, 0.5) is 13.2 Å². The molecule has 1 saturated carbocycles. The molecule has 24 heavy (non-hydrogen) atoms. The van der Waals surface area contributed by atoms with E-state index in [4.69, 9.17) is 5.73 Å². The Kier molecular flexibility index (Phi) is 9.36. The van der Waals surface area contributed by atoms with Crippen LogP contribution in [-0.2, 0) is 4.79 Å². The number of amides is 1. The molecule has 4 nitrogen and oxygen atoms in total. The van der Waals surface area contributed by atoms with Crippen LogP contribution in [0, 0.1) is 11.8 Å². The first kappa shape index (κ1) is 23.8. The zero-order chi connectivity index (χ0) is 16.4. The molecule has 0 radical (unpaired) electrons. The average Bonchev–Trinajstić information content (AvgIpc) is 2.80. The highest BCUT2D eigenvalue weighted by Gasteiger charge is 2.38. The molecule has 9 heteroatoms. The van der Waals surface area contributed by atoms with E-state index in [1.807, 2.05) is 6.92 Å². The molecule has 1 aliphatic carbocycles. The molecule has 1 saturated heterocycles. The van der Waals surface area contributed by atoms with Crippen molar-refractivity contribution in [2.45, 2.75) is 50.7 Å². The second-order valence-corrected chi connectivity index (χ2v) is 7.05. The number of nitrogens with two attached hydrogens (primary N) is 1. The highest BCUT2D eigenvalue weighted by molar-refractivity contribution is 5.85. The zero-order valence-corrected chi connectivity index (χ0v) is 15.5. The van der Waals surface area contributed by atoms with Crippen molar-refractivity contribution in [3.63, 3.8) is 0 Å². The fourth-order valence-corrected chi connectivity index (χ4v) is 3.63. The molecule has 0 spiro atoms. The summed E-state index contributed by atoms with van der Waals surface area (Å²) in [5, 5.41) is 2.91. The van der Waals surface area contributed by atoms with Crippen LogP contribution in [0.2, 0.25) is 0 Å². The summed E-state index contributed by atoms with van der Waals surface area (Å²) >= 11 is 0. The third-order valence-corrected chi connectivity index (χ3v) is 4.91. The monoisotopic (exact) mass is 393 g/mol. The first-order valence-corrected chi connectivity index (χ1v) is 8.03. The first-order chi connectivity index (χ1) is 10.2. The third kappa shape index (κ3) is 6.94. The summed E-state index contributed by atoms with van der Waals surface area (Å²) in [5.41, 5.74) is 5.73.